The van der Waals surface area contributed by atoms with Crippen LogP contribution in [0.5, 0.6) is 5.75 Å². The van der Waals surface area contributed by atoms with Gasteiger partial charge in [-0.2, -0.15) is 0 Å². The van der Waals surface area contributed by atoms with Crippen molar-refractivity contribution < 1.29 is 68.4 Å². The molecule has 0 aromatic heterocycles. The Morgan fingerprint density at radius 2 is 0.851 bits per heavy atom. The lowest BCUT2D eigenvalue weighted by molar-refractivity contribution is -0.141. The number of benzene rings is 1. The first-order valence-electron chi connectivity index (χ1n) is 24.1. The molecule has 0 bridgehead atoms. The van der Waals surface area contributed by atoms with E-state index in [1.165, 1.54) is 86.6 Å². The number of rotatable bonds is 32. The van der Waals surface area contributed by atoms with Gasteiger partial charge in [-0.1, -0.05) is 12.1 Å². The molecule has 1 aromatic carbocycles. The molecular weight excluding hydrogens is 971 g/mol. The molecule has 0 fully saturated rings. The maximum Gasteiger partial charge on any atom is 0.246 e. The van der Waals surface area contributed by atoms with Crippen molar-refractivity contribution in [2.75, 3.05) is 26.3 Å². The summed E-state index contributed by atoms with van der Waals surface area (Å²) < 4.78 is 0. The average molecular weight is 1050 g/mol. The van der Waals surface area contributed by atoms with Crippen molar-refractivity contribution >= 4 is 59.1 Å². The number of carbonyl (C=O) groups excluding carboxylic acids is 10. The van der Waals surface area contributed by atoms with Crippen molar-refractivity contribution in [3.8, 4) is 5.75 Å². The monoisotopic (exact) mass is 1050 g/mol. The zero-order valence-corrected chi connectivity index (χ0v) is 43.8. The summed E-state index contributed by atoms with van der Waals surface area (Å²) in [6.45, 7) is 10.4. The molecule has 27 nitrogen and oxygen atoms in total. The standard InChI is InChI=1S/C47H81N13O14/c1-25(63)33(50)39(70)57-45(4,5)41(72)59-47(8,9)43(74)60-46(6,7)42(73)58-44(2,3)40(71)56-29(15-11-13-21-49)35(66)54-32(24-62)38(69)55-31(23-61)37(68)53-30(22-26-16-18-27(64)19-17-26)36(67)52-28(34(51)65)14-10-12-20-48/h16-19,25,28-33,61-64H,10-15,20-24,48-50H2,1-9H3,(H2,51,65)(H,52,67)(H,53,68)(H,54,66)(H,55,69)(H,56,71)(H,57,70)(H,58,73)(H,59,72)(H,60,74)/t25-,28+,29+,30+,31+,32+,33+/m1/s1. The van der Waals surface area contributed by atoms with Gasteiger partial charge in [0.25, 0.3) is 0 Å². The van der Waals surface area contributed by atoms with Gasteiger partial charge >= 0.3 is 0 Å². The molecule has 418 valence electrons. The van der Waals surface area contributed by atoms with Crippen LogP contribution < -0.4 is 70.8 Å². The molecule has 27 heteroatoms. The number of nitrogens with two attached hydrogens (primary N) is 4. The van der Waals surface area contributed by atoms with Crippen LogP contribution >= 0.6 is 0 Å². The van der Waals surface area contributed by atoms with Crippen LogP contribution in [0.25, 0.3) is 0 Å². The number of hydrogen-bond acceptors (Lipinski definition) is 17. The fourth-order valence-corrected chi connectivity index (χ4v) is 6.59. The van der Waals surface area contributed by atoms with Gasteiger partial charge in [0.1, 0.15) is 64.2 Å². The highest BCUT2D eigenvalue weighted by atomic mass is 16.3. The first-order chi connectivity index (χ1) is 34.2. The van der Waals surface area contributed by atoms with Crippen molar-refractivity contribution in [1.82, 2.24) is 47.9 Å². The minimum absolute atomic E-state index is 0.0510. The lowest BCUT2D eigenvalue weighted by atomic mass is 9.95. The molecule has 0 heterocycles. The Bertz CT molecular complexity index is 2120. The predicted octanol–water partition coefficient (Wildman–Crippen LogP) is -5.63. The van der Waals surface area contributed by atoms with Gasteiger partial charge in [-0.3, -0.25) is 47.9 Å². The lowest BCUT2D eigenvalue weighted by Gasteiger charge is -2.36. The summed E-state index contributed by atoms with van der Waals surface area (Å²) >= 11 is 0. The molecule has 21 N–H and O–H groups in total. The molecule has 0 saturated carbocycles. The van der Waals surface area contributed by atoms with Gasteiger partial charge in [0.15, 0.2) is 0 Å². The normalized spacial score (nSPS) is 14.7. The maximum absolute atomic E-state index is 13.8. The van der Waals surface area contributed by atoms with E-state index >= 15 is 0 Å². The van der Waals surface area contributed by atoms with Gasteiger partial charge in [0.2, 0.25) is 59.1 Å². The number of aromatic hydroxyl groups is 1. The van der Waals surface area contributed by atoms with Crippen LogP contribution in [0.15, 0.2) is 24.3 Å². The Labute approximate surface area is 430 Å². The van der Waals surface area contributed by atoms with Crippen molar-refractivity contribution in [1.29, 1.82) is 0 Å². The number of phenols is 1. The summed E-state index contributed by atoms with van der Waals surface area (Å²) in [6.07, 6.45) is 0.344. The van der Waals surface area contributed by atoms with Crippen LogP contribution in [0, 0.1) is 0 Å². The summed E-state index contributed by atoms with van der Waals surface area (Å²) in [7, 11) is 0. The number of unbranched alkanes of at least 4 members (excludes halogenated alkanes) is 2. The molecule has 10 amide bonds. The molecule has 0 spiro atoms. The van der Waals surface area contributed by atoms with Crippen molar-refractivity contribution in [2.24, 2.45) is 22.9 Å². The fourth-order valence-electron chi connectivity index (χ4n) is 6.59. The number of hydrogen-bond donors (Lipinski definition) is 17. The molecule has 74 heavy (non-hydrogen) atoms. The average Bonchev–Trinajstić information content (AvgIpc) is 3.30. The molecular formula is C47H81N13O14. The fraction of sp³-hybridized carbons (Fsp3) is 0.660. The summed E-state index contributed by atoms with van der Waals surface area (Å²) in [5, 5.41) is 61.8. The third-order valence-corrected chi connectivity index (χ3v) is 11.6. The molecule has 0 saturated heterocycles. The molecule has 0 aliphatic heterocycles. The van der Waals surface area contributed by atoms with Crippen LogP contribution in [0.1, 0.15) is 106 Å². The van der Waals surface area contributed by atoms with Crippen LogP contribution in [-0.2, 0) is 54.4 Å². The van der Waals surface area contributed by atoms with Crippen molar-refractivity contribution in [3.05, 3.63) is 29.8 Å². The number of nitrogens with one attached hydrogen (secondary N) is 9. The molecule has 0 unspecified atom stereocenters. The Morgan fingerprint density at radius 3 is 1.24 bits per heavy atom. The quantitative estimate of drug-likeness (QED) is 0.0299. The SMILES string of the molecule is C[C@@H](O)[C@H](N)C(=O)NC(C)(C)C(=O)NC(C)(C)C(=O)NC(C)(C)C(=O)NC(C)(C)C(=O)N[C@@H](CCCCN)C(=O)N[C@@H](CO)C(=O)N[C@@H](CO)C(=O)N[C@@H](Cc1ccc(O)cc1)C(=O)N[C@@H](CCCCN)C(N)=O. The van der Waals surface area contributed by atoms with Crippen LogP contribution in [0.3, 0.4) is 0 Å². The highest BCUT2D eigenvalue weighted by Crippen LogP contribution is 2.16. The van der Waals surface area contributed by atoms with E-state index in [1.807, 2.05) is 0 Å². The van der Waals surface area contributed by atoms with Crippen LogP contribution in [0.4, 0.5) is 0 Å². The molecule has 7 atom stereocenters. The summed E-state index contributed by atoms with van der Waals surface area (Å²) in [4.78, 5) is 133. The molecule has 0 aliphatic carbocycles. The van der Waals surface area contributed by atoms with Gasteiger partial charge in [-0.25, -0.2) is 0 Å². The van der Waals surface area contributed by atoms with Crippen LogP contribution in [-0.4, -0.2) is 170 Å². The van der Waals surface area contributed by atoms with Crippen LogP contribution in [0.2, 0.25) is 0 Å². The van der Waals surface area contributed by atoms with E-state index in [0.717, 1.165) is 0 Å². The topological polar surface area (TPSA) is 464 Å². The zero-order chi connectivity index (χ0) is 56.9. The smallest absolute Gasteiger partial charge is 0.246 e. The second kappa shape index (κ2) is 29.4. The van der Waals surface area contributed by atoms with Crippen molar-refractivity contribution in [2.45, 2.75) is 172 Å². The maximum atomic E-state index is 13.8. The number of aliphatic hydroxyl groups excluding tert-OH is 3. The minimum Gasteiger partial charge on any atom is -0.508 e. The van der Waals surface area contributed by atoms with E-state index in [9.17, 15) is 68.4 Å². The highest BCUT2D eigenvalue weighted by molar-refractivity contribution is 6.01. The first-order valence-corrected chi connectivity index (χ1v) is 24.1. The van der Waals surface area contributed by atoms with E-state index < -0.39 is 137 Å². The molecule has 0 aliphatic rings. The van der Waals surface area contributed by atoms with Gasteiger partial charge in [0, 0.05) is 6.42 Å². The Hall–Kier alpha value is -6.52. The number of carbonyl (C=O) groups is 10. The van der Waals surface area contributed by atoms with Gasteiger partial charge in [0.05, 0.1) is 19.3 Å². The summed E-state index contributed by atoms with van der Waals surface area (Å²) in [5.41, 5.74) is 16.0. The van der Waals surface area contributed by atoms with Gasteiger partial charge in [-0.05, 0) is 132 Å². The Kier molecular flexibility index (Phi) is 26.0. The molecule has 1 aromatic rings. The molecule has 1 rings (SSSR count). The van der Waals surface area contributed by atoms with E-state index in [0.29, 0.717) is 31.4 Å². The number of aliphatic hydroxyl groups is 3. The van der Waals surface area contributed by atoms with Gasteiger partial charge in [-0.15, -0.1) is 0 Å². The van der Waals surface area contributed by atoms with Gasteiger partial charge < -0.3 is 91.2 Å². The predicted molar refractivity (Wildman–Crippen MR) is 269 cm³/mol. The number of primary amides is 1. The zero-order valence-electron chi connectivity index (χ0n) is 43.8. The third-order valence-electron chi connectivity index (χ3n) is 11.6. The summed E-state index contributed by atoms with van der Waals surface area (Å²) in [5.74, 6) is -9.26. The second-order valence-corrected chi connectivity index (χ2v) is 20.1. The summed E-state index contributed by atoms with van der Waals surface area (Å²) in [6, 6.07) is -3.21. The number of phenolic OH excluding ortho intramolecular Hbond substituents is 1. The van der Waals surface area contributed by atoms with E-state index in [4.69, 9.17) is 22.9 Å². The van der Waals surface area contributed by atoms with E-state index in [-0.39, 0.29) is 38.0 Å². The Balaban J connectivity index is 3.20. The first kappa shape index (κ1) is 65.5. The lowest BCUT2D eigenvalue weighted by Crippen LogP contribution is -2.68. The second-order valence-electron chi connectivity index (χ2n) is 20.1. The Morgan fingerprint density at radius 1 is 0.500 bits per heavy atom. The third kappa shape index (κ3) is 21.1. The largest absolute Gasteiger partial charge is 0.508 e. The van der Waals surface area contributed by atoms with Crippen molar-refractivity contribution in [3.63, 3.8) is 0 Å². The van der Waals surface area contributed by atoms with E-state index in [2.05, 4.69) is 47.9 Å². The number of amides is 10. The highest BCUT2D eigenvalue weighted by Gasteiger charge is 2.43. The van der Waals surface area contributed by atoms with E-state index in [1.54, 1.807) is 0 Å². The minimum atomic E-state index is -1.79. The molecule has 0 radical (unpaired) electrons.